The first-order chi connectivity index (χ1) is 11.6. The molecule has 4 heteroatoms. The average molecular weight is 387 g/mol. The SMILES string of the molecule is C/C(=N/N1CC[NH+](Cc2ccc(C)cc2)CC1)c1ccc(Br)cc1. The highest BCUT2D eigenvalue weighted by atomic mass is 79.9. The molecule has 1 aliphatic heterocycles. The second kappa shape index (κ2) is 7.95. The number of hydrogen-bond donors (Lipinski definition) is 1. The van der Waals surface area contributed by atoms with Gasteiger partial charge in [-0.05, 0) is 31.5 Å². The summed E-state index contributed by atoms with van der Waals surface area (Å²) in [4.78, 5) is 1.64. The van der Waals surface area contributed by atoms with E-state index in [1.807, 2.05) is 0 Å². The molecule has 3 rings (SSSR count). The number of rotatable bonds is 4. The molecule has 2 aromatic carbocycles. The van der Waals surface area contributed by atoms with Crippen LogP contribution in [0.5, 0.6) is 0 Å². The Kier molecular flexibility index (Phi) is 5.69. The Morgan fingerprint density at radius 2 is 1.67 bits per heavy atom. The predicted octanol–water partition coefficient (Wildman–Crippen LogP) is 2.88. The summed E-state index contributed by atoms with van der Waals surface area (Å²) in [5.74, 6) is 0. The molecular weight excluding hydrogens is 362 g/mol. The van der Waals surface area contributed by atoms with Gasteiger partial charge in [0.1, 0.15) is 6.54 Å². The quantitative estimate of drug-likeness (QED) is 0.800. The molecule has 0 radical (unpaired) electrons. The number of benzene rings is 2. The van der Waals surface area contributed by atoms with Crippen LogP contribution in [0.4, 0.5) is 0 Å². The smallest absolute Gasteiger partial charge is 0.103 e. The Balaban J connectivity index is 1.53. The van der Waals surface area contributed by atoms with Crippen molar-refractivity contribution < 1.29 is 4.90 Å². The minimum absolute atomic E-state index is 1.02. The van der Waals surface area contributed by atoms with Crippen molar-refractivity contribution in [2.45, 2.75) is 20.4 Å². The first kappa shape index (κ1) is 17.2. The number of nitrogens with one attached hydrogen (secondary N) is 1. The molecule has 24 heavy (non-hydrogen) atoms. The van der Waals surface area contributed by atoms with Crippen LogP contribution in [0.1, 0.15) is 23.6 Å². The molecule has 0 bridgehead atoms. The van der Waals surface area contributed by atoms with Gasteiger partial charge in [0.25, 0.3) is 0 Å². The fourth-order valence-electron chi connectivity index (χ4n) is 3.04. The van der Waals surface area contributed by atoms with Crippen LogP contribution in [0, 0.1) is 6.92 Å². The molecule has 2 aromatic rings. The highest BCUT2D eigenvalue weighted by Crippen LogP contribution is 2.11. The van der Waals surface area contributed by atoms with Gasteiger partial charge in [-0.3, -0.25) is 5.01 Å². The van der Waals surface area contributed by atoms with Gasteiger partial charge >= 0.3 is 0 Å². The summed E-state index contributed by atoms with van der Waals surface area (Å²) in [6, 6.07) is 17.3. The lowest BCUT2D eigenvalue weighted by Gasteiger charge is -2.31. The van der Waals surface area contributed by atoms with Crippen LogP contribution in [0.25, 0.3) is 0 Å². The summed E-state index contributed by atoms with van der Waals surface area (Å²) in [5, 5.41) is 7.03. The third kappa shape index (κ3) is 4.68. The number of hydrogen-bond acceptors (Lipinski definition) is 2. The average Bonchev–Trinajstić information content (AvgIpc) is 2.59. The summed E-state index contributed by atoms with van der Waals surface area (Å²) in [5.41, 5.74) is 5.03. The van der Waals surface area contributed by atoms with Crippen LogP contribution in [-0.2, 0) is 6.54 Å². The molecule has 1 fully saturated rings. The van der Waals surface area contributed by atoms with E-state index in [-0.39, 0.29) is 0 Å². The van der Waals surface area contributed by atoms with Gasteiger partial charge in [0.15, 0.2) is 0 Å². The van der Waals surface area contributed by atoms with Crippen LogP contribution >= 0.6 is 15.9 Å². The molecule has 0 saturated carbocycles. The molecule has 126 valence electrons. The zero-order chi connectivity index (χ0) is 16.9. The molecule has 3 nitrogen and oxygen atoms in total. The summed E-state index contributed by atoms with van der Waals surface area (Å²) in [6.07, 6.45) is 0. The van der Waals surface area contributed by atoms with E-state index in [1.54, 1.807) is 4.90 Å². The second-order valence-corrected chi connectivity index (χ2v) is 7.47. The third-order valence-corrected chi connectivity index (χ3v) is 5.10. The van der Waals surface area contributed by atoms with Crippen molar-refractivity contribution in [2.75, 3.05) is 26.2 Å². The van der Waals surface area contributed by atoms with Gasteiger partial charge in [-0.25, -0.2) is 0 Å². The number of halogens is 1. The molecule has 0 amide bonds. The highest BCUT2D eigenvalue weighted by Gasteiger charge is 2.19. The molecule has 1 aliphatic rings. The Morgan fingerprint density at radius 3 is 2.29 bits per heavy atom. The van der Waals surface area contributed by atoms with E-state index in [0.29, 0.717) is 0 Å². The molecule has 0 atom stereocenters. The van der Waals surface area contributed by atoms with E-state index < -0.39 is 0 Å². The Bertz CT molecular complexity index is 684. The lowest BCUT2D eigenvalue weighted by atomic mass is 10.1. The fraction of sp³-hybridized carbons (Fsp3) is 0.350. The van der Waals surface area contributed by atoms with Crippen molar-refractivity contribution in [3.63, 3.8) is 0 Å². The summed E-state index contributed by atoms with van der Waals surface area (Å²) in [6.45, 7) is 9.68. The first-order valence-electron chi connectivity index (χ1n) is 8.55. The van der Waals surface area contributed by atoms with Crippen molar-refractivity contribution in [1.82, 2.24) is 5.01 Å². The topological polar surface area (TPSA) is 20.0 Å². The number of aryl methyl sites for hydroxylation is 1. The number of quaternary nitrogens is 1. The summed E-state index contributed by atoms with van der Waals surface area (Å²) in [7, 11) is 0. The lowest BCUT2D eigenvalue weighted by Crippen LogP contribution is -3.13. The van der Waals surface area contributed by atoms with Crippen LogP contribution < -0.4 is 4.90 Å². The van der Waals surface area contributed by atoms with Crippen molar-refractivity contribution in [2.24, 2.45) is 5.10 Å². The minimum Gasteiger partial charge on any atom is -0.328 e. The van der Waals surface area contributed by atoms with Gasteiger partial charge in [-0.1, -0.05) is 57.9 Å². The maximum absolute atomic E-state index is 4.81. The molecule has 0 unspecified atom stereocenters. The molecule has 0 spiro atoms. The van der Waals surface area contributed by atoms with E-state index in [2.05, 4.69) is 83.3 Å². The predicted molar refractivity (Wildman–Crippen MR) is 104 cm³/mol. The van der Waals surface area contributed by atoms with Gasteiger partial charge in [-0.15, -0.1) is 0 Å². The zero-order valence-corrected chi connectivity index (χ0v) is 16.0. The molecule has 1 heterocycles. The lowest BCUT2D eigenvalue weighted by molar-refractivity contribution is -0.918. The van der Waals surface area contributed by atoms with Crippen molar-refractivity contribution >= 4 is 21.6 Å². The van der Waals surface area contributed by atoms with Crippen LogP contribution in [0.3, 0.4) is 0 Å². The Morgan fingerprint density at radius 1 is 1.04 bits per heavy atom. The van der Waals surface area contributed by atoms with Gasteiger partial charge in [0, 0.05) is 10.0 Å². The van der Waals surface area contributed by atoms with Crippen LogP contribution in [-0.4, -0.2) is 36.9 Å². The molecule has 0 aromatic heterocycles. The molecule has 1 N–H and O–H groups in total. The van der Waals surface area contributed by atoms with Crippen molar-refractivity contribution in [3.05, 3.63) is 69.7 Å². The maximum Gasteiger partial charge on any atom is 0.103 e. The van der Waals surface area contributed by atoms with E-state index >= 15 is 0 Å². The van der Waals surface area contributed by atoms with Gasteiger partial charge < -0.3 is 4.90 Å². The number of hydrazone groups is 1. The molecular formula is C20H25BrN3+. The summed E-state index contributed by atoms with van der Waals surface area (Å²) < 4.78 is 1.10. The van der Waals surface area contributed by atoms with Crippen molar-refractivity contribution in [1.29, 1.82) is 0 Å². The number of piperazine rings is 1. The zero-order valence-electron chi connectivity index (χ0n) is 14.4. The summed E-state index contributed by atoms with van der Waals surface area (Å²) >= 11 is 3.48. The fourth-order valence-corrected chi connectivity index (χ4v) is 3.31. The normalized spacial score (nSPS) is 16.5. The van der Waals surface area contributed by atoms with Crippen LogP contribution in [0.15, 0.2) is 58.1 Å². The van der Waals surface area contributed by atoms with Gasteiger partial charge in [0.2, 0.25) is 0 Å². The van der Waals surface area contributed by atoms with E-state index in [0.717, 1.165) is 42.9 Å². The van der Waals surface area contributed by atoms with Gasteiger partial charge in [0.05, 0.1) is 31.9 Å². The number of nitrogens with zero attached hydrogens (tertiary/aromatic N) is 2. The highest BCUT2D eigenvalue weighted by molar-refractivity contribution is 9.10. The van der Waals surface area contributed by atoms with Crippen LogP contribution in [0.2, 0.25) is 0 Å². The molecule has 1 saturated heterocycles. The van der Waals surface area contributed by atoms with Gasteiger partial charge in [-0.2, -0.15) is 5.10 Å². The Hall–Kier alpha value is -1.65. The standard InChI is InChI=1S/C20H24BrN3/c1-16-3-5-18(6-4-16)15-23-11-13-24(14-12-23)22-17(2)19-7-9-20(21)10-8-19/h3-10H,11-15H2,1-2H3/p+1/b22-17-. The van der Waals surface area contributed by atoms with E-state index in [1.165, 1.54) is 16.7 Å². The van der Waals surface area contributed by atoms with E-state index in [4.69, 9.17) is 5.10 Å². The monoisotopic (exact) mass is 386 g/mol. The third-order valence-electron chi connectivity index (χ3n) is 4.58. The first-order valence-corrected chi connectivity index (χ1v) is 9.34. The second-order valence-electron chi connectivity index (χ2n) is 6.56. The minimum atomic E-state index is 1.02. The van der Waals surface area contributed by atoms with Crippen molar-refractivity contribution in [3.8, 4) is 0 Å². The largest absolute Gasteiger partial charge is 0.328 e. The Labute approximate surface area is 153 Å². The maximum atomic E-state index is 4.81. The molecule has 0 aliphatic carbocycles. The van der Waals surface area contributed by atoms with E-state index in [9.17, 15) is 0 Å².